The Labute approximate surface area is 125 Å². The Morgan fingerprint density at radius 2 is 1.90 bits per heavy atom. The number of fused-ring (bicyclic) bond motifs is 3. The van der Waals surface area contributed by atoms with Crippen LogP contribution in [0.5, 0.6) is 0 Å². The number of hydrogen-bond acceptors (Lipinski definition) is 1. The van der Waals surface area contributed by atoms with Crippen molar-refractivity contribution in [2.24, 2.45) is 0 Å². The Hall–Kier alpha value is -1.28. The smallest absolute Gasteiger partial charge is 0.104 e. The summed E-state index contributed by atoms with van der Waals surface area (Å²) in [4.78, 5) is 2.95. The first-order chi connectivity index (χ1) is 9.78. The van der Waals surface area contributed by atoms with Crippen LogP contribution in [0.1, 0.15) is 44.1 Å². The average Bonchev–Trinajstić information content (AvgIpc) is 3.01. The second-order valence-corrected chi connectivity index (χ2v) is 6.60. The quantitative estimate of drug-likeness (QED) is 0.560. The van der Waals surface area contributed by atoms with E-state index in [0.29, 0.717) is 0 Å². The fraction of sp³-hybridized carbons (Fsp3) is 0.444. The van der Waals surface area contributed by atoms with Crippen LogP contribution in [0.25, 0.3) is 21.1 Å². The van der Waals surface area contributed by atoms with Gasteiger partial charge < -0.3 is 4.57 Å². The summed E-state index contributed by atoms with van der Waals surface area (Å²) in [6, 6.07) is 9.46. The Bertz CT molecular complexity index is 733. The fourth-order valence-corrected chi connectivity index (χ4v) is 4.18. The largest absolute Gasteiger partial charge is 0.332 e. The van der Waals surface area contributed by atoms with Gasteiger partial charge in [-0.1, -0.05) is 26.3 Å². The van der Waals surface area contributed by atoms with E-state index in [1.165, 1.54) is 50.8 Å². The van der Waals surface area contributed by atoms with E-state index in [2.05, 4.69) is 49.6 Å². The maximum absolute atomic E-state index is 2.47. The highest BCUT2D eigenvalue weighted by Crippen LogP contribution is 2.36. The van der Waals surface area contributed by atoms with Crippen molar-refractivity contribution in [3.8, 4) is 0 Å². The molecule has 0 bridgehead atoms. The van der Waals surface area contributed by atoms with Crippen LogP contribution < -0.4 is 0 Å². The first-order valence-electron chi connectivity index (χ1n) is 7.82. The van der Waals surface area contributed by atoms with E-state index < -0.39 is 0 Å². The molecule has 0 spiro atoms. The van der Waals surface area contributed by atoms with E-state index >= 15 is 0 Å². The van der Waals surface area contributed by atoms with Gasteiger partial charge in [-0.05, 0) is 49.9 Å². The number of aromatic nitrogens is 1. The lowest BCUT2D eigenvalue weighted by molar-refractivity contribution is 0.795. The lowest BCUT2D eigenvalue weighted by atomic mass is 10.1. The molecule has 2 heteroatoms. The third kappa shape index (κ3) is 2.16. The molecule has 1 aromatic carbocycles. The molecule has 3 aromatic rings. The van der Waals surface area contributed by atoms with Crippen molar-refractivity contribution in [3.05, 3.63) is 34.7 Å². The molecule has 0 aliphatic carbocycles. The predicted molar refractivity (Wildman–Crippen MR) is 91.0 cm³/mol. The number of hydrogen-bond donors (Lipinski definition) is 0. The Balaban J connectivity index is 2.20. The van der Waals surface area contributed by atoms with Crippen molar-refractivity contribution in [3.63, 3.8) is 0 Å². The van der Waals surface area contributed by atoms with Gasteiger partial charge in [0, 0.05) is 27.7 Å². The summed E-state index contributed by atoms with van der Waals surface area (Å²) in [5.41, 5.74) is 2.88. The van der Waals surface area contributed by atoms with E-state index in [1.807, 2.05) is 11.3 Å². The SMILES string of the molecule is CCCCc1ccc2c(c1)c1cc(CC)sc1n2CC. The maximum Gasteiger partial charge on any atom is 0.104 e. The van der Waals surface area contributed by atoms with Gasteiger partial charge in [0.15, 0.2) is 0 Å². The second-order valence-electron chi connectivity index (χ2n) is 5.48. The van der Waals surface area contributed by atoms with E-state index in [9.17, 15) is 0 Å². The van der Waals surface area contributed by atoms with Gasteiger partial charge in [0.1, 0.15) is 4.83 Å². The topological polar surface area (TPSA) is 4.93 Å². The van der Waals surface area contributed by atoms with E-state index in [-0.39, 0.29) is 0 Å². The van der Waals surface area contributed by atoms with E-state index in [4.69, 9.17) is 0 Å². The molecule has 3 rings (SSSR count). The minimum absolute atomic E-state index is 1.05. The molecule has 0 amide bonds. The lowest BCUT2D eigenvalue weighted by Crippen LogP contribution is -1.92. The Kier molecular flexibility index (Phi) is 3.84. The van der Waals surface area contributed by atoms with E-state index in [1.54, 1.807) is 0 Å². The fourth-order valence-electron chi connectivity index (χ4n) is 2.99. The number of benzene rings is 1. The molecule has 0 aliphatic heterocycles. The Morgan fingerprint density at radius 1 is 1.05 bits per heavy atom. The van der Waals surface area contributed by atoms with Crippen molar-refractivity contribution < 1.29 is 0 Å². The van der Waals surface area contributed by atoms with Crippen molar-refractivity contribution in [2.45, 2.75) is 53.0 Å². The standard InChI is InChI=1S/C18H23NS/c1-4-7-8-13-9-10-17-15(11-13)16-12-14(5-2)20-18(16)19(17)6-3/h9-12H,4-8H2,1-3H3. The molecule has 1 nitrogen and oxygen atoms in total. The third-order valence-corrected chi connectivity index (χ3v) is 5.44. The van der Waals surface area contributed by atoms with Gasteiger partial charge in [0.25, 0.3) is 0 Å². The highest BCUT2D eigenvalue weighted by atomic mass is 32.1. The van der Waals surface area contributed by atoms with Crippen LogP contribution in [0.2, 0.25) is 0 Å². The Morgan fingerprint density at radius 3 is 2.60 bits per heavy atom. The molecular formula is C18H23NS. The van der Waals surface area contributed by atoms with E-state index in [0.717, 1.165) is 13.0 Å². The molecule has 20 heavy (non-hydrogen) atoms. The molecular weight excluding hydrogens is 262 g/mol. The summed E-state index contributed by atoms with van der Waals surface area (Å²) in [5.74, 6) is 0. The lowest BCUT2D eigenvalue weighted by Gasteiger charge is -2.04. The van der Waals surface area contributed by atoms with Gasteiger partial charge in [0.2, 0.25) is 0 Å². The van der Waals surface area contributed by atoms with Crippen molar-refractivity contribution in [1.82, 2.24) is 4.57 Å². The van der Waals surface area contributed by atoms with Gasteiger partial charge in [-0.2, -0.15) is 0 Å². The second kappa shape index (κ2) is 5.61. The van der Waals surface area contributed by atoms with Crippen molar-refractivity contribution in [2.75, 3.05) is 0 Å². The summed E-state index contributed by atoms with van der Waals surface area (Å²) in [7, 11) is 0. The number of aryl methyl sites for hydroxylation is 3. The van der Waals surface area contributed by atoms with Crippen LogP contribution in [0.3, 0.4) is 0 Å². The molecule has 0 aliphatic rings. The third-order valence-electron chi connectivity index (χ3n) is 4.13. The molecule has 0 atom stereocenters. The number of rotatable bonds is 5. The zero-order valence-corrected chi connectivity index (χ0v) is 13.5. The first-order valence-corrected chi connectivity index (χ1v) is 8.63. The number of unbranched alkanes of at least 4 members (excludes halogenated alkanes) is 1. The zero-order valence-electron chi connectivity index (χ0n) is 12.7. The summed E-state index contributed by atoms with van der Waals surface area (Å²) >= 11 is 1.96. The minimum Gasteiger partial charge on any atom is -0.332 e. The van der Waals surface area contributed by atoms with Gasteiger partial charge in [-0.25, -0.2) is 0 Å². The normalized spacial score (nSPS) is 11.8. The molecule has 0 unspecified atom stereocenters. The summed E-state index contributed by atoms with van der Waals surface area (Å²) < 4.78 is 2.47. The zero-order chi connectivity index (χ0) is 14.1. The average molecular weight is 285 g/mol. The maximum atomic E-state index is 2.47. The molecule has 0 radical (unpaired) electrons. The number of nitrogens with zero attached hydrogens (tertiary/aromatic N) is 1. The molecule has 0 saturated heterocycles. The molecule has 106 valence electrons. The molecule has 2 heterocycles. The summed E-state index contributed by atoms with van der Waals surface area (Å²) in [6.45, 7) is 7.81. The van der Waals surface area contributed by atoms with Crippen LogP contribution in [0.15, 0.2) is 24.3 Å². The van der Waals surface area contributed by atoms with Gasteiger partial charge >= 0.3 is 0 Å². The van der Waals surface area contributed by atoms with Crippen LogP contribution >= 0.6 is 11.3 Å². The van der Waals surface area contributed by atoms with Crippen LogP contribution in [-0.2, 0) is 19.4 Å². The predicted octanol–water partition coefficient (Wildman–Crippen LogP) is 5.78. The minimum atomic E-state index is 1.05. The monoisotopic (exact) mass is 285 g/mol. The highest BCUT2D eigenvalue weighted by molar-refractivity contribution is 7.19. The van der Waals surface area contributed by atoms with Gasteiger partial charge in [0.05, 0.1) is 0 Å². The summed E-state index contributed by atoms with van der Waals surface area (Å²) in [5, 5.41) is 2.91. The first kappa shape index (κ1) is 13.7. The van der Waals surface area contributed by atoms with Crippen molar-refractivity contribution >= 4 is 32.5 Å². The molecule has 0 N–H and O–H groups in total. The molecule has 0 fully saturated rings. The van der Waals surface area contributed by atoms with Gasteiger partial charge in [-0.15, -0.1) is 11.3 Å². The van der Waals surface area contributed by atoms with Crippen LogP contribution in [0.4, 0.5) is 0 Å². The summed E-state index contributed by atoms with van der Waals surface area (Å²) in [6.07, 6.45) is 4.89. The van der Waals surface area contributed by atoms with Gasteiger partial charge in [-0.3, -0.25) is 0 Å². The highest BCUT2D eigenvalue weighted by Gasteiger charge is 2.13. The molecule has 2 aromatic heterocycles. The van der Waals surface area contributed by atoms with Crippen LogP contribution in [-0.4, -0.2) is 4.57 Å². The molecule has 0 saturated carbocycles. The van der Waals surface area contributed by atoms with Crippen molar-refractivity contribution in [1.29, 1.82) is 0 Å². The van der Waals surface area contributed by atoms with Crippen LogP contribution in [0, 0.1) is 0 Å². The number of thiophene rings is 1.